The SMILES string of the molecule is CN(C)c1ccc(C2/C(=C(\O)c3ccc4c(c3)OCCO4)C(=O)C(=O)N2c2nccs2)cc1. The normalized spacial score (nSPS) is 19.1. The van der Waals surface area contributed by atoms with Crippen LogP contribution in [0.25, 0.3) is 5.76 Å². The van der Waals surface area contributed by atoms with E-state index in [4.69, 9.17) is 9.47 Å². The van der Waals surface area contributed by atoms with E-state index in [1.54, 1.807) is 29.8 Å². The summed E-state index contributed by atoms with van der Waals surface area (Å²) >= 11 is 1.25. The molecule has 5 rings (SSSR count). The molecule has 9 heteroatoms. The number of thiazole rings is 1. The Bertz CT molecular complexity index is 1250. The predicted molar refractivity (Wildman–Crippen MR) is 125 cm³/mol. The summed E-state index contributed by atoms with van der Waals surface area (Å²) in [6.45, 7) is 0.837. The molecule has 168 valence electrons. The lowest BCUT2D eigenvalue weighted by molar-refractivity contribution is -0.132. The molecule has 0 bridgehead atoms. The minimum Gasteiger partial charge on any atom is -0.507 e. The minimum atomic E-state index is -0.819. The Morgan fingerprint density at radius 2 is 1.82 bits per heavy atom. The number of carbonyl (C=O) groups excluding carboxylic acids is 2. The molecule has 0 radical (unpaired) electrons. The van der Waals surface area contributed by atoms with Crippen LogP contribution in [0.4, 0.5) is 10.8 Å². The van der Waals surface area contributed by atoms with Gasteiger partial charge in [0, 0.05) is 36.9 Å². The van der Waals surface area contributed by atoms with Crippen LogP contribution < -0.4 is 19.3 Å². The summed E-state index contributed by atoms with van der Waals surface area (Å²) in [5.74, 6) is -0.723. The molecule has 2 aliphatic heterocycles. The first kappa shape index (κ1) is 21.0. The number of aliphatic hydroxyl groups is 1. The van der Waals surface area contributed by atoms with E-state index >= 15 is 0 Å². The van der Waals surface area contributed by atoms with E-state index in [9.17, 15) is 14.7 Å². The Morgan fingerprint density at radius 3 is 2.48 bits per heavy atom. The number of fused-ring (bicyclic) bond motifs is 1. The Kier molecular flexibility index (Phi) is 5.26. The number of amides is 1. The average molecular weight is 464 g/mol. The second-order valence-corrected chi connectivity index (χ2v) is 8.70. The van der Waals surface area contributed by atoms with E-state index in [0.717, 1.165) is 5.69 Å². The van der Waals surface area contributed by atoms with E-state index < -0.39 is 17.7 Å². The summed E-state index contributed by atoms with van der Waals surface area (Å²) in [6.07, 6.45) is 1.58. The van der Waals surface area contributed by atoms with Crippen molar-refractivity contribution in [3.05, 3.63) is 70.7 Å². The molecule has 1 amide bonds. The monoisotopic (exact) mass is 463 g/mol. The maximum Gasteiger partial charge on any atom is 0.301 e. The van der Waals surface area contributed by atoms with Gasteiger partial charge in [-0.1, -0.05) is 12.1 Å². The Balaban J connectivity index is 1.66. The van der Waals surface area contributed by atoms with Gasteiger partial charge in [0.1, 0.15) is 19.0 Å². The van der Waals surface area contributed by atoms with Gasteiger partial charge in [-0.15, -0.1) is 11.3 Å². The highest BCUT2D eigenvalue weighted by molar-refractivity contribution is 7.14. The van der Waals surface area contributed by atoms with Gasteiger partial charge in [0.15, 0.2) is 16.6 Å². The maximum atomic E-state index is 13.2. The zero-order valence-corrected chi connectivity index (χ0v) is 18.8. The van der Waals surface area contributed by atoms with Gasteiger partial charge < -0.3 is 19.5 Å². The lowest BCUT2D eigenvalue weighted by atomic mass is 9.95. The van der Waals surface area contributed by atoms with Crippen molar-refractivity contribution in [3.8, 4) is 11.5 Å². The van der Waals surface area contributed by atoms with Crippen LogP contribution in [0.15, 0.2) is 59.6 Å². The number of aromatic nitrogens is 1. The third kappa shape index (κ3) is 3.60. The van der Waals surface area contributed by atoms with Crippen molar-refractivity contribution in [2.75, 3.05) is 37.1 Å². The van der Waals surface area contributed by atoms with Gasteiger partial charge in [0.25, 0.3) is 5.78 Å². The first-order valence-electron chi connectivity index (χ1n) is 10.3. The molecule has 8 nitrogen and oxygen atoms in total. The molecule has 1 unspecified atom stereocenters. The van der Waals surface area contributed by atoms with Crippen LogP contribution in [0, 0.1) is 0 Å². The summed E-state index contributed by atoms with van der Waals surface area (Å²) in [4.78, 5) is 33.8. The smallest absolute Gasteiger partial charge is 0.301 e. The van der Waals surface area contributed by atoms with Gasteiger partial charge in [-0.2, -0.15) is 0 Å². The molecule has 1 atom stereocenters. The van der Waals surface area contributed by atoms with Gasteiger partial charge in [-0.3, -0.25) is 14.5 Å². The van der Waals surface area contributed by atoms with Crippen molar-refractivity contribution in [1.29, 1.82) is 0 Å². The van der Waals surface area contributed by atoms with E-state index in [1.807, 2.05) is 43.3 Å². The molecule has 2 aliphatic rings. The topological polar surface area (TPSA) is 92.2 Å². The zero-order chi connectivity index (χ0) is 23.1. The summed E-state index contributed by atoms with van der Waals surface area (Å²) in [5.41, 5.74) is 2.03. The molecule has 0 spiro atoms. The molecule has 0 aliphatic carbocycles. The lowest BCUT2D eigenvalue weighted by Crippen LogP contribution is -2.29. The van der Waals surface area contributed by atoms with E-state index in [0.29, 0.717) is 41.0 Å². The largest absolute Gasteiger partial charge is 0.507 e. The third-order valence-electron chi connectivity index (χ3n) is 5.61. The molecule has 1 N–H and O–H groups in total. The van der Waals surface area contributed by atoms with E-state index in [1.165, 1.54) is 16.2 Å². The first-order valence-corrected chi connectivity index (χ1v) is 11.2. The maximum absolute atomic E-state index is 13.2. The van der Waals surface area contributed by atoms with E-state index in [2.05, 4.69) is 4.98 Å². The average Bonchev–Trinajstić information content (AvgIpc) is 3.45. The molecule has 0 saturated carbocycles. The fraction of sp³-hybridized carbons (Fsp3) is 0.208. The van der Waals surface area contributed by atoms with Crippen LogP contribution in [0.2, 0.25) is 0 Å². The number of nitrogens with zero attached hydrogens (tertiary/aromatic N) is 3. The summed E-state index contributed by atoms with van der Waals surface area (Å²) < 4.78 is 11.2. The van der Waals surface area contributed by atoms with Crippen LogP contribution in [0.1, 0.15) is 17.2 Å². The summed E-state index contributed by atoms with van der Waals surface area (Å²) in [5, 5.41) is 13.4. The number of hydrogen-bond donors (Lipinski definition) is 1. The fourth-order valence-corrected chi connectivity index (χ4v) is 4.65. The van der Waals surface area contributed by atoms with Crippen molar-refractivity contribution >= 4 is 39.6 Å². The van der Waals surface area contributed by atoms with Crippen LogP contribution >= 0.6 is 11.3 Å². The van der Waals surface area contributed by atoms with Crippen molar-refractivity contribution in [1.82, 2.24) is 4.98 Å². The predicted octanol–water partition coefficient (Wildman–Crippen LogP) is 3.61. The Morgan fingerprint density at radius 1 is 1.09 bits per heavy atom. The number of Topliss-reactive ketones (excluding diaryl/α,β-unsaturated/α-hetero) is 1. The van der Waals surface area contributed by atoms with Gasteiger partial charge in [0.2, 0.25) is 0 Å². The summed E-state index contributed by atoms with van der Waals surface area (Å²) in [6, 6.07) is 11.6. The molecule has 3 heterocycles. The zero-order valence-electron chi connectivity index (χ0n) is 18.0. The number of ketones is 1. The van der Waals surface area contributed by atoms with Crippen molar-refractivity contribution in [2.24, 2.45) is 0 Å². The van der Waals surface area contributed by atoms with Crippen molar-refractivity contribution in [2.45, 2.75) is 6.04 Å². The van der Waals surface area contributed by atoms with E-state index in [-0.39, 0.29) is 11.3 Å². The van der Waals surface area contributed by atoms with Crippen LogP contribution in [-0.2, 0) is 9.59 Å². The lowest BCUT2D eigenvalue weighted by Gasteiger charge is -2.24. The number of hydrogen-bond acceptors (Lipinski definition) is 8. The molecule has 2 aromatic carbocycles. The fourth-order valence-electron chi connectivity index (χ4n) is 3.98. The highest BCUT2D eigenvalue weighted by atomic mass is 32.1. The molecular weight excluding hydrogens is 442 g/mol. The minimum absolute atomic E-state index is 0.00415. The Hall–Kier alpha value is -3.85. The quantitative estimate of drug-likeness (QED) is 0.359. The van der Waals surface area contributed by atoms with Crippen molar-refractivity contribution < 1.29 is 24.2 Å². The Labute approximate surface area is 194 Å². The number of carbonyl (C=O) groups is 2. The third-order valence-corrected chi connectivity index (χ3v) is 6.38. The molecule has 33 heavy (non-hydrogen) atoms. The first-order chi connectivity index (χ1) is 16.0. The van der Waals surface area contributed by atoms with Gasteiger partial charge in [-0.25, -0.2) is 4.98 Å². The second kappa shape index (κ2) is 8.25. The number of rotatable bonds is 4. The molecule has 1 aromatic heterocycles. The van der Waals surface area contributed by atoms with Crippen LogP contribution in [0.5, 0.6) is 11.5 Å². The highest BCUT2D eigenvalue weighted by Crippen LogP contribution is 2.43. The van der Waals surface area contributed by atoms with Crippen LogP contribution in [0.3, 0.4) is 0 Å². The number of aliphatic hydroxyl groups excluding tert-OH is 1. The molecule has 1 saturated heterocycles. The summed E-state index contributed by atoms with van der Waals surface area (Å²) in [7, 11) is 3.86. The number of anilines is 2. The molecular formula is C24H21N3O5S. The standard InChI is InChI=1S/C24H21N3O5S/c1-26(2)16-6-3-14(4-7-16)20-19(22(29)23(30)27(20)24-25-9-12-33-24)21(28)15-5-8-17-18(13-15)32-11-10-31-17/h3-9,12-13,20,28H,10-11H2,1-2H3/b21-19+. The highest BCUT2D eigenvalue weighted by Gasteiger charge is 2.48. The van der Waals surface area contributed by atoms with Gasteiger partial charge in [-0.05, 0) is 35.9 Å². The second-order valence-electron chi connectivity index (χ2n) is 7.83. The van der Waals surface area contributed by atoms with Crippen LogP contribution in [-0.4, -0.2) is 49.1 Å². The molecule has 1 fully saturated rings. The van der Waals surface area contributed by atoms with Gasteiger partial charge >= 0.3 is 5.91 Å². The van der Waals surface area contributed by atoms with Crippen molar-refractivity contribution in [3.63, 3.8) is 0 Å². The van der Waals surface area contributed by atoms with Gasteiger partial charge in [0.05, 0.1) is 11.6 Å². The number of benzene rings is 2. The molecule has 3 aromatic rings. The number of ether oxygens (including phenoxy) is 2.